The van der Waals surface area contributed by atoms with Crippen molar-refractivity contribution >= 4 is 23.2 Å². The summed E-state index contributed by atoms with van der Waals surface area (Å²) in [5.41, 5.74) is 4.55. The molecule has 2 heterocycles. The molecule has 2 aliphatic rings. The summed E-state index contributed by atoms with van der Waals surface area (Å²) in [6.45, 7) is 7.72. The van der Waals surface area contributed by atoms with Gasteiger partial charge in [0.15, 0.2) is 0 Å². The van der Waals surface area contributed by atoms with E-state index in [1.165, 1.54) is 11.3 Å². The Morgan fingerprint density at radius 3 is 2.29 bits per heavy atom. The number of carbonyl (C=O) groups is 2. The molecule has 0 bridgehead atoms. The highest BCUT2D eigenvalue weighted by molar-refractivity contribution is 6.00. The minimum atomic E-state index is -0.237. The molecule has 146 valence electrons. The molecule has 2 fully saturated rings. The predicted molar refractivity (Wildman–Crippen MR) is 112 cm³/mol. The number of nitrogens with zero attached hydrogens (tertiary/aromatic N) is 3. The SMILES string of the molecule is Cc1ccc(N2C[C@H](C(=O)N3CCN(c4ccccc4C)CC3)CC2=O)cc1. The Hall–Kier alpha value is -2.82. The largest absolute Gasteiger partial charge is 0.368 e. The third-order valence-electron chi connectivity index (χ3n) is 5.87. The van der Waals surface area contributed by atoms with Gasteiger partial charge in [0.25, 0.3) is 0 Å². The van der Waals surface area contributed by atoms with Crippen LogP contribution < -0.4 is 9.80 Å². The van der Waals surface area contributed by atoms with E-state index in [2.05, 4.69) is 36.1 Å². The second-order valence-electron chi connectivity index (χ2n) is 7.84. The second kappa shape index (κ2) is 7.66. The maximum absolute atomic E-state index is 13.0. The summed E-state index contributed by atoms with van der Waals surface area (Å²) in [6.07, 6.45) is 0.310. The van der Waals surface area contributed by atoms with Gasteiger partial charge in [0.2, 0.25) is 11.8 Å². The molecule has 0 unspecified atom stereocenters. The van der Waals surface area contributed by atoms with Crippen molar-refractivity contribution in [1.29, 1.82) is 0 Å². The number of aryl methyl sites for hydroxylation is 2. The fourth-order valence-corrected chi connectivity index (χ4v) is 4.19. The zero-order valence-electron chi connectivity index (χ0n) is 16.6. The van der Waals surface area contributed by atoms with E-state index in [0.717, 1.165) is 24.3 Å². The van der Waals surface area contributed by atoms with Crippen molar-refractivity contribution in [3.8, 4) is 0 Å². The Balaban J connectivity index is 1.37. The van der Waals surface area contributed by atoms with Crippen molar-refractivity contribution in [1.82, 2.24) is 4.90 Å². The van der Waals surface area contributed by atoms with Gasteiger partial charge >= 0.3 is 0 Å². The average Bonchev–Trinajstić information content (AvgIpc) is 3.10. The fourth-order valence-electron chi connectivity index (χ4n) is 4.19. The molecule has 2 amide bonds. The highest BCUT2D eigenvalue weighted by atomic mass is 16.2. The van der Waals surface area contributed by atoms with E-state index in [0.29, 0.717) is 26.1 Å². The molecule has 2 aromatic rings. The van der Waals surface area contributed by atoms with Crippen LogP contribution in [0.4, 0.5) is 11.4 Å². The Morgan fingerprint density at radius 1 is 0.929 bits per heavy atom. The standard InChI is InChI=1S/C23H27N3O2/c1-17-7-9-20(10-8-17)26-16-19(15-22(26)27)23(28)25-13-11-24(12-14-25)21-6-4-3-5-18(21)2/h3-10,19H,11-16H2,1-2H3/t19-/m1/s1. The first-order valence-electron chi connectivity index (χ1n) is 9.99. The van der Waals surface area contributed by atoms with Crippen LogP contribution in [0, 0.1) is 19.8 Å². The van der Waals surface area contributed by atoms with Crippen molar-refractivity contribution in [3.05, 3.63) is 59.7 Å². The molecule has 0 radical (unpaired) electrons. The van der Waals surface area contributed by atoms with E-state index in [1.807, 2.05) is 36.1 Å². The Kier molecular flexibility index (Phi) is 5.07. The molecule has 2 aromatic carbocycles. The normalized spacial score (nSPS) is 20.0. The van der Waals surface area contributed by atoms with Crippen LogP contribution in [0.1, 0.15) is 17.5 Å². The molecule has 28 heavy (non-hydrogen) atoms. The first kappa shape index (κ1) is 18.5. The Morgan fingerprint density at radius 2 is 1.61 bits per heavy atom. The van der Waals surface area contributed by atoms with E-state index >= 15 is 0 Å². The number of benzene rings is 2. The molecule has 2 aliphatic heterocycles. The van der Waals surface area contributed by atoms with Gasteiger partial charge in [-0.15, -0.1) is 0 Å². The van der Waals surface area contributed by atoms with E-state index < -0.39 is 0 Å². The number of carbonyl (C=O) groups excluding carboxylic acids is 2. The summed E-state index contributed by atoms with van der Waals surface area (Å²) in [5.74, 6) is -0.0769. The highest BCUT2D eigenvalue weighted by Crippen LogP contribution is 2.27. The average molecular weight is 377 g/mol. The van der Waals surface area contributed by atoms with E-state index in [9.17, 15) is 9.59 Å². The molecule has 1 atom stereocenters. The van der Waals surface area contributed by atoms with Gasteiger partial charge in [-0.1, -0.05) is 35.9 Å². The van der Waals surface area contributed by atoms with Gasteiger partial charge in [0.05, 0.1) is 5.92 Å². The van der Waals surface area contributed by atoms with Gasteiger partial charge < -0.3 is 14.7 Å². The van der Waals surface area contributed by atoms with Crippen molar-refractivity contribution in [2.24, 2.45) is 5.92 Å². The van der Waals surface area contributed by atoms with Crippen LogP contribution in [0.15, 0.2) is 48.5 Å². The summed E-state index contributed by atoms with van der Waals surface area (Å²) in [7, 11) is 0. The van der Waals surface area contributed by atoms with Gasteiger partial charge in [0, 0.05) is 50.5 Å². The van der Waals surface area contributed by atoms with Crippen molar-refractivity contribution in [2.45, 2.75) is 20.3 Å². The molecular formula is C23H27N3O2. The first-order valence-corrected chi connectivity index (χ1v) is 9.99. The van der Waals surface area contributed by atoms with E-state index in [-0.39, 0.29) is 17.7 Å². The Bertz CT molecular complexity index is 870. The number of piperazine rings is 1. The van der Waals surface area contributed by atoms with Crippen LogP contribution in [0.5, 0.6) is 0 Å². The van der Waals surface area contributed by atoms with E-state index in [1.54, 1.807) is 4.90 Å². The van der Waals surface area contributed by atoms with Crippen molar-refractivity contribution < 1.29 is 9.59 Å². The van der Waals surface area contributed by atoms with Gasteiger partial charge in [-0.25, -0.2) is 0 Å². The fraction of sp³-hybridized carbons (Fsp3) is 0.391. The lowest BCUT2D eigenvalue weighted by molar-refractivity contribution is -0.136. The minimum absolute atomic E-state index is 0.0424. The summed E-state index contributed by atoms with van der Waals surface area (Å²) >= 11 is 0. The third-order valence-corrected chi connectivity index (χ3v) is 5.87. The lowest BCUT2D eigenvalue weighted by Crippen LogP contribution is -2.50. The highest BCUT2D eigenvalue weighted by Gasteiger charge is 2.37. The number of rotatable bonds is 3. The lowest BCUT2D eigenvalue weighted by Gasteiger charge is -2.37. The molecule has 0 N–H and O–H groups in total. The quantitative estimate of drug-likeness (QED) is 0.826. The zero-order valence-corrected chi connectivity index (χ0v) is 16.6. The van der Waals surface area contributed by atoms with Gasteiger partial charge in [-0.05, 0) is 37.6 Å². The molecule has 5 heteroatoms. The van der Waals surface area contributed by atoms with Crippen LogP contribution in [-0.2, 0) is 9.59 Å². The van der Waals surface area contributed by atoms with Crippen LogP contribution in [-0.4, -0.2) is 49.4 Å². The zero-order chi connectivity index (χ0) is 19.7. The van der Waals surface area contributed by atoms with Crippen LogP contribution in [0.3, 0.4) is 0 Å². The maximum Gasteiger partial charge on any atom is 0.228 e. The Labute approximate surface area is 166 Å². The monoisotopic (exact) mass is 377 g/mol. The summed E-state index contributed by atoms with van der Waals surface area (Å²) in [5, 5.41) is 0. The van der Waals surface area contributed by atoms with Gasteiger partial charge in [-0.3, -0.25) is 9.59 Å². The molecule has 0 spiro atoms. The summed E-state index contributed by atoms with van der Waals surface area (Å²) in [6, 6.07) is 16.3. The number of amides is 2. The molecule has 4 rings (SSSR count). The number of hydrogen-bond donors (Lipinski definition) is 0. The summed E-state index contributed by atoms with van der Waals surface area (Å²) < 4.78 is 0. The number of hydrogen-bond acceptors (Lipinski definition) is 3. The second-order valence-corrected chi connectivity index (χ2v) is 7.84. The third kappa shape index (κ3) is 3.61. The maximum atomic E-state index is 13.0. The molecule has 5 nitrogen and oxygen atoms in total. The minimum Gasteiger partial charge on any atom is -0.368 e. The lowest BCUT2D eigenvalue weighted by atomic mass is 10.1. The number of anilines is 2. The number of para-hydroxylation sites is 1. The molecule has 0 aromatic heterocycles. The van der Waals surface area contributed by atoms with Crippen LogP contribution in [0.25, 0.3) is 0 Å². The van der Waals surface area contributed by atoms with E-state index in [4.69, 9.17) is 0 Å². The van der Waals surface area contributed by atoms with Crippen molar-refractivity contribution in [3.63, 3.8) is 0 Å². The molecule has 0 saturated carbocycles. The summed E-state index contributed by atoms with van der Waals surface area (Å²) in [4.78, 5) is 31.5. The topological polar surface area (TPSA) is 43.9 Å². The van der Waals surface area contributed by atoms with Crippen LogP contribution >= 0.6 is 0 Å². The molecular weight excluding hydrogens is 350 g/mol. The molecule has 2 saturated heterocycles. The smallest absolute Gasteiger partial charge is 0.228 e. The van der Waals surface area contributed by atoms with Crippen molar-refractivity contribution in [2.75, 3.05) is 42.5 Å². The van der Waals surface area contributed by atoms with Crippen LogP contribution in [0.2, 0.25) is 0 Å². The van der Waals surface area contributed by atoms with Gasteiger partial charge in [-0.2, -0.15) is 0 Å². The predicted octanol–water partition coefficient (Wildman–Crippen LogP) is 3.01. The molecule has 0 aliphatic carbocycles. The van der Waals surface area contributed by atoms with Gasteiger partial charge in [0.1, 0.15) is 0 Å². The first-order chi connectivity index (χ1) is 13.5.